The van der Waals surface area contributed by atoms with Gasteiger partial charge in [0.25, 0.3) is 0 Å². The van der Waals surface area contributed by atoms with Crippen molar-refractivity contribution in [2.45, 2.75) is 26.4 Å². The molecule has 0 aliphatic heterocycles. The van der Waals surface area contributed by atoms with Gasteiger partial charge in [-0.25, -0.2) is 14.6 Å². The van der Waals surface area contributed by atoms with Crippen LogP contribution in [0.1, 0.15) is 31.1 Å². The lowest BCUT2D eigenvalue weighted by Gasteiger charge is -2.19. The van der Waals surface area contributed by atoms with Gasteiger partial charge in [0.2, 0.25) is 0 Å². The molecule has 0 unspecified atom stereocenters. The average molecular weight is 273 g/mol. The zero-order chi connectivity index (χ0) is 13.9. The van der Waals surface area contributed by atoms with Gasteiger partial charge in [-0.15, -0.1) is 0 Å². The molecule has 1 amide bonds. The molecule has 0 spiro atoms. The van der Waals surface area contributed by atoms with Gasteiger partial charge in [0.05, 0.1) is 10.6 Å². The maximum Gasteiger partial charge on any atom is 0.413 e. The van der Waals surface area contributed by atoms with Gasteiger partial charge in [-0.1, -0.05) is 11.6 Å². The van der Waals surface area contributed by atoms with Crippen molar-refractivity contribution in [3.63, 3.8) is 0 Å². The van der Waals surface area contributed by atoms with Crippen LogP contribution in [0.2, 0.25) is 5.02 Å². The summed E-state index contributed by atoms with van der Waals surface area (Å²) in [6.45, 7) is 5.14. The lowest BCUT2D eigenvalue weighted by atomic mass is 10.2. The van der Waals surface area contributed by atoms with Crippen molar-refractivity contribution in [1.29, 1.82) is 0 Å². The molecule has 6 nitrogen and oxygen atoms in total. The Bertz CT molecular complexity index is 482. The Labute approximate surface area is 109 Å². The molecule has 0 radical (unpaired) electrons. The highest BCUT2D eigenvalue weighted by molar-refractivity contribution is 6.33. The van der Waals surface area contributed by atoms with E-state index in [2.05, 4.69) is 10.3 Å². The zero-order valence-corrected chi connectivity index (χ0v) is 10.9. The van der Waals surface area contributed by atoms with Gasteiger partial charge < -0.3 is 9.84 Å². The molecule has 0 saturated carbocycles. The molecule has 1 aromatic heterocycles. The van der Waals surface area contributed by atoms with Gasteiger partial charge in [-0.2, -0.15) is 0 Å². The number of carbonyl (C=O) groups excluding carboxylic acids is 1. The Morgan fingerprint density at radius 1 is 1.44 bits per heavy atom. The molecule has 0 bridgehead atoms. The fraction of sp³-hybridized carbons (Fsp3) is 0.364. The van der Waals surface area contributed by atoms with Crippen LogP contribution in [0, 0.1) is 0 Å². The molecule has 0 aromatic carbocycles. The second-order valence-corrected chi connectivity index (χ2v) is 4.89. The monoisotopic (exact) mass is 272 g/mol. The number of hydrogen-bond donors (Lipinski definition) is 2. The maximum absolute atomic E-state index is 11.4. The summed E-state index contributed by atoms with van der Waals surface area (Å²) in [5.41, 5.74) is -0.788. The summed E-state index contributed by atoms with van der Waals surface area (Å²) in [6.07, 6.45) is 0.436. The number of pyridine rings is 1. The van der Waals surface area contributed by atoms with Crippen LogP contribution in [0.25, 0.3) is 0 Å². The minimum atomic E-state index is -1.20. The number of rotatable bonds is 2. The number of nitrogens with one attached hydrogen (secondary N) is 1. The van der Waals surface area contributed by atoms with Crippen LogP contribution >= 0.6 is 11.6 Å². The highest BCUT2D eigenvalue weighted by Gasteiger charge is 2.17. The Kier molecular flexibility index (Phi) is 4.13. The van der Waals surface area contributed by atoms with Crippen molar-refractivity contribution >= 4 is 29.5 Å². The molecule has 0 saturated heterocycles. The smallest absolute Gasteiger partial charge is 0.413 e. The number of ether oxygens (including phenoxy) is 1. The van der Waals surface area contributed by atoms with Crippen molar-refractivity contribution < 1.29 is 19.4 Å². The minimum Gasteiger partial charge on any atom is -0.478 e. The molecule has 0 aliphatic carbocycles. The molecule has 1 heterocycles. The van der Waals surface area contributed by atoms with Crippen LogP contribution in [0.4, 0.5) is 10.6 Å². The lowest BCUT2D eigenvalue weighted by Crippen LogP contribution is -2.27. The van der Waals surface area contributed by atoms with Crippen LogP contribution in [-0.2, 0) is 4.74 Å². The molecule has 0 fully saturated rings. The SMILES string of the molecule is CC(C)(C)OC(=O)Nc1cc(C(=O)O)c(Cl)cn1. The Morgan fingerprint density at radius 2 is 2.06 bits per heavy atom. The van der Waals surface area contributed by atoms with E-state index in [4.69, 9.17) is 21.4 Å². The van der Waals surface area contributed by atoms with E-state index in [1.807, 2.05) is 0 Å². The predicted molar refractivity (Wildman–Crippen MR) is 66.1 cm³/mol. The first-order valence-electron chi connectivity index (χ1n) is 5.08. The van der Waals surface area contributed by atoms with Crippen LogP contribution in [-0.4, -0.2) is 27.8 Å². The summed E-state index contributed by atoms with van der Waals surface area (Å²) in [5.74, 6) is -1.14. The van der Waals surface area contributed by atoms with Crippen LogP contribution < -0.4 is 5.32 Å². The number of carboxylic acid groups (broad SMARTS) is 1. The quantitative estimate of drug-likeness (QED) is 0.864. The summed E-state index contributed by atoms with van der Waals surface area (Å²) >= 11 is 5.65. The van der Waals surface area contributed by atoms with E-state index in [1.165, 1.54) is 0 Å². The number of aromatic nitrogens is 1. The first kappa shape index (κ1) is 14.2. The molecule has 1 aromatic rings. The van der Waals surface area contributed by atoms with Gasteiger partial charge in [0.15, 0.2) is 0 Å². The van der Waals surface area contributed by atoms with E-state index in [0.29, 0.717) is 0 Å². The van der Waals surface area contributed by atoms with E-state index in [1.54, 1.807) is 20.8 Å². The van der Waals surface area contributed by atoms with Crippen LogP contribution in [0.3, 0.4) is 0 Å². The zero-order valence-electron chi connectivity index (χ0n) is 10.2. The minimum absolute atomic E-state index is 0.00256. The van der Waals surface area contributed by atoms with Gasteiger partial charge >= 0.3 is 12.1 Å². The molecule has 0 aliphatic rings. The predicted octanol–water partition coefficient (Wildman–Crippen LogP) is 2.78. The first-order valence-corrected chi connectivity index (χ1v) is 5.45. The van der Waals surface area contributed by atoms with E-state index >= 15 is 0 Å². The molecule has 7 heteroatoms. The van der Waals surface area contributed by atoms with Crippen LogP contribution in [0.15, 0.2) is 12.3 Å². The molecule has 0 atom stereocenters. The number of anilines is 1. The van der Waals surface area contributed by atoms with E-state index < -0.39 is 17.7 Å². The number of aromatic carboxylic acids is 1. The highest BCUT2D eigenvalue weighted by Crippen LogP contribution is 2.18. The summed E-state index contributed by atoms with van der Waals surface area (Å²) in [7, 11) is 0. The largest absolute Gasteiger partial charge is 0.478 e. The van der Waals surface area contributed by atoms with E-state index in [9.17, 15) is 9.59 Å². The van der Waals surface area contributed by atoms with Crippen molar-refractivity contribution in [3.05, 3.63) is 22.8 Å². The molecular formula is C11H13ClN2O4. The molecular weight excluding hydrogens is 260 g/mol. The third-order valence-electron chi connectivity index (χ3n) is 1.71. The fourth-order valence-electron chi connectivity index (χ4n) is 1.08. The van der Waals surface area contributed by atoms with Crippen molar-refractivity contribution in [2.75, 3.05) is 5.32 Å². The van der Waals surface area contributed by atoms with Gasteiger partial charge in [0, 0.05) is 6.20 Å². The third kappa shape index (κ3) is 4.21. The number of halogens is 1. The Balaban J connectivity index is 2.83. The van der Waals surface area contributed by atoms with Crippen molar-refractivity contribution in [1.82, 2.24) is 4.98 Å². The van der Waals surface area contributed by atoms with E-state index in [-0.39, 0.29) is 16.4 Å². The lowest BCUT2D eigenvalue weighted by molar-refractivity contribution is 0.0632. The number of hydrogen-bond acceptors (Lipinski definition) is 4. The van der Waals surface area contributed by atoms with Gasteiger partial charge in [-0.05, 0) is 26.8 Å². The summed E-state index contributed by atoms with van der Waals surface area (Å²) in [5, 5.41) is 11.2. The average Bonchev–Trinajstić information content (AvgIpc) is 2.17. The number of nitrogens with zero attached hydrogens (tertiary/aromatic N) is 1. The summed E-state index contributed by atoms with van der Waals surface area (Å²) in [6, 6.07) is 1.16. The summed E-state index contributed by atoms with van der Waals surface area (Å²) < 4.78 is 5.00. The Hall–Kier alpha value is -1.82. The number of amides is 1. The standard InChI is InChI=1S/C11H13ClN2O4/c1-11(2,3)18-10(17)14-8-4-6(9(15)16)7(12)5-13-8/h4-5H,1-3H3,(H,15,16)(H,13,14,17). The molecule has 18 heavy (non-hydrogen) atoms. The number of carboxylic acids is 1. The van der Waals surface area contributed by atoms with Crippen molar-refractivity contribution in [2.24, 2.45) is 0 Å². The maximum atomic E-state index is 11.4. The second-order valence-electron chi connectivity index (χ2n) is 4.48. The van der Waals surface area contributed by atoms with Gasteiger partial charge in [0.1, 0.15) is 11.4 Å². The topological polar surface area (TPSA) is 88.5 Å². The fourth-order valence-corrected chi connectivity index (χ4v) is 1.26. The molecule has 98 valence electrons. The second kappa shape index (κ2) is 5.22. The van der Waals surface area contributed by atoms with Crippen molar-refractivity contribution in [3.8, 4) is 0 Å². The third-order valence-corrected chi connectivity index (χ3v) is 2.02. The number of carbonyl (C=O) groups is 2. The van der Waals surface area contributed by atoms with Crippen LogP contribution in [0.5, 0.6) is 0 Å². The summed E-state index contributed by atoms with van der Waals surface area (Å²) in [4.78, 5) is 26.1. The Morgan fingerprint density at radius 3 is 2.56 bits per heavy atom. The normalized spacial score (nSPS) is 10.9. The first-order chi connectivity index (χ1) is 8.19. The molecule has 2 N–H and O–H groups in total. The van der Waals surface area contributed by atoms with Gasteiger partial charge in [-0.3, -0.25) is 5.32 Å². The molecule has 1 rings (SSSR count). The van der Waals surface area contributed by atoms with E-state index in [0.717, 1.165) is 12.3 Å². The highest BCUT2D eigenvalue weighted by atomic mass is 35.5.